The van der Waals surface area contributed by atoms with Crippen LogP contribution in [0.25, 0.3) is 0 Å². The molecule has 0 saturated heterocycles. The molecule has 2 unspecified atom stereocenters. The summed E-state index contributed by atoms with van der Waals surface area (Å²) in [5.74, 6) is 1.33. The summed E-state index contributed by atoms with van der Waals surface area (Å²) in [6.45, 7) is 2.98. The number of amidine groups is 1. The molecule has 2 aromatic carbocycles. The van der Waals surface area contributed by atoms with Gasteiger partial charge in [0.05, 0.1) is 26.3 Å². The number of aliphatic imine (C=N–C) groups is 2. The summed E-state index contributed by atoms with van der Waals surface area (Å²) >= 11 is 11.5. The third-order valence-electron chi connectivity index (χ3n) is 4.79. The lowest BCUT2D eigenvalue weighted by Crippen LogP contribution is -2.24. The summed E-state index contributed by atoms with van der Waals surface area (Å²) in [6, 6.07) is 12.6. The molecule has 10 heteroatoms. The second-order valence-electron chi connectivity index (χ2n) is 7.34. The Labute approximate surface area is 221 Å². The van der Waals surface area contributed by atoms with Crippen molar-refractivity contribution in [2.24, 2.45) is 15.7 Å². The monoisotopic (exact) mass is 535 g/mol. The lowest BCUT2D eigenvalue weighted by Gasteiger charge is -2.14. The van der Waals surface area contributed by atoms with Gasteiger partial charge in [0.2, 0.25) is 0 Å². The Balaban J connectivity index is 0.000000537. The molecule has 0 amide bonds. The molecular formula is C26H31Cl2N3O5. The zero-order valence-electron chi connectivity index (χ0n) is 20.4. The normalized spacial score (nSPS) is 13.1. The molecule has 4 N–H and O–H groups in total. The number of hydrogen-bond donors (Lipinski definition) is 3. The number of esters is 1. The molecule has 0 saturated carbocycles. The van der Waals surface area contributed by atoms with Gasteiger partial charge in [-0.1, -0.05) is 54.4 Å². The zero-order valence-corrected chi connectivity index (χ0v) is 22.0. The van der Waals surface area contributed by atoms with Crippen LogP contribution in [-0.2, 0) is 20.7 Å². The molecule has 0 aliphatic carbocycles. The fourth-order valence-electron chi connectivity index (χ4n) is 2.76. The van der Waals surface area contributed by atoms with E-state index in [9.17, 15) is 9.90 Å². The Hall–Kier alpha value is -2.93. The molecule has 0 aliphatic rings. The summed E-state index contributed by atoms with van der Waals surface area (Å²) in [4.78, 5) is 20.1. The van der Waals surface area contributed by atoms with Crippen molar-refractivity contribution in [1.82, 2.24) is 0 Å². The van der Waals surface area contributed by atoms with Crippen molar-refractivity contribution in [3.8, 4) is 12.3 Å². The van der Waals surface area contributed by atoms with E-state index in [1.807, 2.05) is 12.1 Å². The van der Waals surface area contributed by atoms with E-state index < -0.39 is 24.6 Å². The van der Waals surface area contributed by atoms with E-state index in [1.54, 1.807) is 37.3 Å². The second-order valence-corrected chi connectivity index (χ2v) is 8.18. The number of ether oxygens (including phenoxy) is 2. The van der Waals surface area contributed by atoms with Crippen molar-refractivity contribution in [1.29, 1.82) is 0 Å². The average Bonchev–Trinajstić information content (AvgIpc) is 2.89. The maximum absolute atomic E-state index is 12.1. The highest BCUT2D eigenvalue weighted by atomic mass is 35.5. The van der Waals surface area contributed by atoms with Crippen LogP contribution in [0.3, 0.4) is 0 Å². The molecule has 2 rings (SSSR count). The summed E-state index contributed by atoms with van der Waals surface area (Å²) in [7, 11) is 1.40. The van der Waals surface area contributed by atoms with Crippen molar-refractivity contribution in [2.45, 2.75) is 32.3 Å². The first-order valence-corrected chi connectivity index (χ1v) is 11.8. The van der Waals surface area contributed by atoms with Crippen LogP contribution in [0.1, 0.15) is 36.5 Å². The lowest BCUT2D eigenvalue weighted by molar-refractivity contribution is -0.148. The van der Waals surface area contributed by atoms with Gasteiger partial charge in [-0.25, -0.2) is 4.99 Å². The van der Waals surface area contributed by atoms with Crippen LogP contribution >= 0.6 is 23.2 Å². The molecule has 0 heterocycles. The number of rotatable bonds is 8. The predicted molar refractivity (Wildman–Crippen MR) is 144 cm³/mol. The first-order valence-electron chi connectivity index (χ1n) is 11.0. The SMILES string of the molecule is C#C/C(=N\C(=N/CN)OC)c1cccc(C(C)C(=O)OCC(O)CO)c1.CCc1ccc(Cl)cc1Cl. The van der Waals surface area contributed by atoms with E-state index in [-0.39, 0.29) is 25.0 Å². The van der Waals surface area contributed by atoms with Crippen molar-refractivity contribution in [2.75, 3.05) is 27.0 Å². The highest BCUT2D eigenvalue weighted by molar-refractivity contribution is 6.35. The standard InChI is InChI=1S/C18H23N3O5.C8H8Cl2/c1-4-16(21-18(25-3)20-11-19)14-7-5-6-13(8-14)12(2)17(24)26-10-15(23)9-22;1-2-6-3-4-7(9)5-8(6)10/h1,5-8,12,15,22-23H,9-11,19H2,2-3H3;3-5H,2H2,1H3/b20-18+,21-16+;. The van der Waals surface area contributed by atoms with Gasteiger partial charge in [-0.05, 0) is 48.6 Å². The Bertz CT molecular complexity index is 1100. The number of terminal acetylenes is 1. The highest BCUT2D eigenvalue weighted by Crippen LogP contribution is 2.21. The largest absolute Gasteiger partial charge is 0.467 e. The smallest absolute Gasteiger partial charge is 0.313 e. The number of nitrogens with zero attached hydrogens (tertiary/aromatic N) is 2. The Morgan fingerprint density at radius 1 is 1.25 bits per heavy atom. The molecule has 0 aliphatic heterocycles. The van der Waals surface area contributed by atoms with Gasteiger partial charge in [0.1, 0.15) is 18.4 Å². The topological polar surface area (TPSA) is 127 Å². The van der Waals surface area contributed by atoms with Crippen molar-refractivity contribution in [3.63, 3.8) is 0 Å². The fourth-order valence-corrected chi connectivity index (χ4v) is 3.30. The minimum absolute atomic E-state index is 0.00707. The maximum atomic E-state index is 12.1. The van der Waals surface area contributed by atoms with Crippen LogP contribution in [-0.4, -0.2) is 61.0 Å². The fraction of sp³-hybridized carbons (Fsp3) is 0.346. The Morgan fingerprint density at radius 2 is 1.97 bits per heavy atom. The molecule has 0 bridgehead atoms. The van der Waals surface area contributed by atoms with E-state index in [1.165, 1.54) is 7.11 Å². The van der Waals surface area contributed by atoms with Gasteiger partial charge in [0.15, 0.2) is 0 Å². The molecular weight excluding hydrogens is 505 g/mol. The van der Waals surface area contributed by atoms with E-state index in [0.29, 0.717) is 16.1 Å². The number of benzene rings is 2. The summed E-state index contributed by atoms with van der Waals surface area (Å²) in [5, 5.41) is 19.5. The van der Waals surface area contributed by atoms with Gasteiger partial charge in [-0.15, -0.1) is 6.42 Å². The first kappa shape index (κ1) is 31.1. The second kappa shape index (κ2) is 16.7. The third kappa shape index (κ3) is 10.4. The number of aliphatic hydroxyl groups is 2. The molecule has 0 spiro atoms. The van der Waals surface area contributed by atoms with Gasteiger partial charge < -0.3 is 25.4 Å². The number of carbonyl (C=O) groups excluding carboxylic acids is 1. The quantitative estimate of drug-likeness (QED) is 0.205. The van der Waals surface area contributed by atoms with Crippen LogP contribution in [0, 0.1) is 12.3 Å². The number of methoxy groups -OCH3 is 1. The number of halogens is 2. The molecule has 194 valence electrons. The van der Waals surface area contributed by atoms with Gasteiger partial charge in [0.25, 0.3) is 0 Å². The van der Waals surface area contributed by atoms with Crippen LogP contribution in [0.4, 0.5) is 0 Å². The minimum atomic E-state index is -1.10. The third-order valence-corrected chi connectivity index (χ3v) is 5.38. The summed E-state index contributed by atoms with van der Waals surface area (Å²) in [5.41, 5.74) is 8.02. The van der Waals surface area contributed by atoms with Crippen LogP contribution in [0.2, 0.25) is 10.0 Å². The van der Waals surface area contributed by atoms with Crippen LogP contribution < -0.4 is 5.73 Å². The average molecular weight is 536 g/mol. The van der Waals surface area contributed by atoms with E-state index in [4.69, 9.17) is 49.9 Å². The van der Waals surface area contributed by atoms with Gasteiger partial charge in [-0.2, -0.15) is 4.99 Å². The molecule has 8 nitrogen and oxygen atoms in total. The van der Waals surface area contributed by atoms with Crippen LogP contribution in [0.15, 0.2) is 52.4 Å². The molecule has 2 aromatic rings. The van der Waals surface area contributed by atoms with Gasteiger partial charge >= 0.3 is 12.0 Å². The van der Waals surface area contributed by atoms with E-state index >= 15 is 0 Å². The molecule has 0 radical (unpaired) electrons. The van der Waals surface area contributed by atoms with Gasteiger partial charge in [0, 0.05) is 15.6 Å². The van der Waals surface area contributed by atoms with Crippen molar-refractivity contribution in [3.05, 3.63) is 69.2 Å². The first-order chi connectivity index (χ1) is 17.2. The van der Waals surface area contributed by atoms with Crippen LogP contribution in [0.5, 0.6) is 0 Å². The molecule has 0 fully saturated rings. The van der Waals surface area contributed by atoms with Crippen molar-refractivity contribution < 1.29 is 24.5 Å². The number of aryl methyl sites for hydroxylation is 1. The minimum Gasteiger partial charge on any atom is -0.467 e. The molecule has 2 atom stereocenters. The van der Waals surface area contributed by atoms with Crippen molar-refractivity contribution >= 4 is 40.9 Å². The maximum Gasteiger partial charge on any atom is 0.313 e. The Kier molecular flexibility index (Phi) is 14.4. The van der Waals surface area contributed by atoms with E-state index in [0.717, 1.165) is 17.0 Å². The predicted octanol–water partition coefficient (Wildman–Crippen LogP) is 3.58. The number of hydrogen-bond acceptors (Lipinski definition) is 7. The molecule has 0 aromatic heterocycles. The van der Waals surface area contributed by atoms with Gasteiger partial charge in [-0.3, -0.25) is 4.79 Å². The van der Waals surface area contributed by atoms with E-state index in [2.05, 4.69) is 22.8 Å². The highest BCUT2D eigenvalue weighted by Gasteiger charge is 2.19. The number of carbonyl (C=O) groups is 1. The Morgan fingerprint density at radius 3 is 2.53 bits per heavy atom. The molecule has 36 heavy (non-hydrogen) atoms. The zero-order chi connectivity index (χ0) is 27.1. The lowest BCUT2D eigenvalue weighted by atomic mass is 9.97. The summed E-state index contributed by atoms with van der Waals surface area (Å²) in [6.07, 6.45) is 5.37. The summed E-state index contributed by atoms with van der Waals surface area (Å²) < 4.78 is 9.97. The number of nitrogens with two attached hydrogens (primary N) is 1. The number of aliphatic hydroxyl groups excluding tert-OH is 2.